The third-order valence-corrected chi connectivity index (χ3v) is 6.48. The number of piperidine rings is 1. The van der Waals surface area contributed by atoms with E-state index in [1.807, 2.05) is 12.1 Å². The molecule has 0 aliphatic carbocycles. The van der Waals surface area contributed by atoms with E-state index in [1.54, 1.807) is 11.8 Å². The lowest BCUT2D eigenvalue weighted by molar-refractivity contribution is -0.138. The summed E-state index contributed by atoms with van der Waals surface area (Å²) in [5.41, 5.74) is 0.321. The van der Waals surface area contributed by atoms with E-state index < -0.39 is 5.60 Å². The van der Waals surface area contributed by atoms with Gasteiger partial charge < -0.3 is 14.9 Å². The Bertz CT molecular complexity index is 686. The summed E-state index contributed by atoms with van der Waals surface area (Å²) in [5, 5.41) is 10.9. The van der Waals surface area contributed by atoms with Crippen molar-refractivity contribution in [1.82, 2.24) is 14.7 Å². The Hall–Kier alpha value is -1.70. The zero-order valence-electron chi connectivity index (χ0n) is 16.7. The quantitative estimate of drug-likeness (QED) is 0.832. The van der Waals surface area contributed by atoms with Crippen molar-refractivity contribution in [3.8, 4) is 0 Å². The van der Waals surface area contributed by atoms with Crippen molar-refractivity contribution in [2.75, 3.05) is 63.8 Å². The second-order valence-electron chi connectivity index (χ2n) is 8.62. The van der Waals surface area contributed by atoms with Crippen molar-refractivity contribution in [3.63, 3.8) is 0 Å². The number of benzene rings is 1. The molecule has 28 heavy (non-hydrogen) atoms. The van der Waals surface area contributed by atoms with Crippen molar-refractivity contribution in [3.05, 3.63) is 30.1 Å². The van der Waals surface area contributed by atoms with Crippen LogP contribution in [0.2, 0.25) is 0 Å². The molecule has 1 aromatic rings. The van der Waals surface area contributed by atoms with Gasteiger partial charge in [0, 0.05) is 71.0 Å². The summed E-state index contributed by atoms with van der Waals surface area (Å²) in [6, 6.07) is 7.30. The van der Waals surface area contributed by atoms with Crippen molar-refractivity contribution in [2.45, 2.75) is 31.4 Å². The molecule has 0 radical (unpaired) electrons. The number of nitrogens with zero attached hydrogens (tertiary/aromatic N) is 4. The Morgan fingerprint density at radius 3 is 2.46 bits per heavy atom. The average molecular weight is 391 g/mol. The number of carbonyl (C=O) groups is 1. The van der Waals surface area contributed by atoms with Crippen LogP contribution >= 0.6 is 0 Å². The van der Waals surface area contributed by atoms with Gasteiger partial charge in [0.1, 0.15) is 5.82 Å². The first kappa shape index (κ1) is 19.6. The number of β-amino-alcohol motifs (C(OH)–C–C–N with tert-alkyl or cyclic N) is 1. The molecule has 1 N–H and O–H groups in total. The van der Waals surface area contributed by atoms with Gasteiger partial charge in [-0.1, -0.05) is 0 Å². The minimum Gasteiger partial charge on any atom is -0.387 e. The third-order valence-electron chi connectivity index (χ3n) is 6.48. The Morgan fingerprint density at radius 2 is 1.82 bits per heavy atom. The molecule has 154 valence electrons. The predicted molar refractivity (Wildman–Crippen MR) is 107 cm³/mol. The van der Waals surface area contributed by atoms with E-state index in [0.29, 0.717) is 19.1 Å². The van der Waals surface area contributed by atoms with Crippen LogP contribution in [-0.2, 0) is 4.79 Å². The summed E-state index contributed by atoms with van der Waals surface area (Å²) in [5.74, 6) is -0.137. The summed E-state index contributed by atoms with van der Waals surface area (Å²) in [7, 11) is 0. The fourth-order valence-electron chi connectivity index (χ4n) is 4.83. The Labute approximate surface area is 166 Å². The van der Waals surface area contributed by atoms with Gasteiger partial charge in [-0.05, 0) is 37.1 Å². The van der Waals surface area contributed by atoms with Gasteiger partial charge in [0.2, 0.25) is 5.91 Å². The van der Waals surface area contributed by atoms with Crippen LogP contribution in [0.15, 0.2) is 24.3 Å². The van der Waals surface area contributed by atoms with Gasteiger partial charge in [-0.15, -0.1) is 0 Å². The van der Waals surface area contributed by atoms with Crippen molar-refractivity contribution in [1.29, 1.82) is 0 Å². The Morgan fingerprint density at radius 1 is 1.14 bits per heavy atom. The number of carbonyl (C=O) groups excluding carboxylic acids is 1. The van der Waals surface area contributed by atoms with Crippen LogP contribution in [0.5, 0.6) is 0 Å². The normalized spacial score (nSPS) is 27.7. The molecule has 0 saturated carbocycles. The average Bonchev–Trinajstić information content (AvgIpc) is 2.65. The Balaban J connectivity index is 1.22. The zero-order chi connectivity index (χ0) is 19.7. The standard InChI is InChI=1S/C21H31FN4O2/c1-17(27)26-8-2-7-21(28,16-26)15-23-13-20(14-23)25-11-9-24(10-12-25)19-5-3-18(22)4-6-19/h3-6,20,28H,2,7-16H2,1H3. The van der Waals surface area contributed by atoms with E-state index >= 15 is 0 Å². The predicted octanol–water partition coefficient (Wildman–Crippen LogP) is 1.01. The Kier molecular flexibility index (Phi) is 5.58. The zero-order valence-corrected chi connectivity index (χ0v) is 16.7. The maximum Gasteiger partial charge on any atom is 0.219 e. The molecule has 1 aromatic carbocycles. The van der Waals surface area contributed by atoms with Crippen LogP contribution in [0.1, 0.15) is 19.8 Å². The maximum atomic E-state index is 13.1. The van der Waals surface area contributed by atoms with Crippen LogP contribution in [0.4, 0.5) is 10.1 Å². The number of likely N-dealkylation sites (tertiary alicyclic amines) is 2. The van der Waals surface area contributed by atoms with Crippen LogP contribution < -0.4 is 4.90 Å². The molecule has 4 rings (SSSR count). The molecule has 0 aromatic heterocycles. The topological polar surface area (TPSA) is 50.3 Å². The molecule has 0 bridgehead atoms. The first-order valence-corrected chi connectivity index (χ1v) is 10.4. The van der Waals surface area contributed by atoms with Crippen molar-refractivity contribution >= 4 is 11.6 Å². The second kappa shape index (κ2) is 7.97. The van der Waals surface area contributed by atoms with Gasteiger partial charge in [-0.25, -0.2) is 4.39 Å². The molecule has 1 amide bonds. The van der Waals surface area contributed by atoms with Gasteiger partial charge in [-0.2, -0.15) is 0 Å². The lowest BCUT2D eigenvalue weighted by Gasteiger charge is -2.51. The van der Waals surface area contributed by atoms with E-state index in [0.717, 1.165) is 64.3 Å². The monoisotopic (exact) mass is 390 g/mol. The van der Waals surface area contributed by atoms with E-state index in [4.69, 9.17) is 0 Å². The number of hydrogen-bond donors (Lipinski definition) is 1. The minimum absolute atomic E-state index is 0.0543. The number of halogens is 1. The van der Waals surface area contributed by atoms with E-state index in [-0.39, 0.29) is 11.7 Å². The maximum absolute atomic E-state index is 13.1. The highest BCUT2D eigenvalue weighted by Gasteiger charge is 2.41. The van der Waals surface area contributed by atoms with Gasteiger partial charge in [-0.3, -0.25) is 14.6 Å². The molecule has 1 atom stereocenters. The molecule has 1 unspecified atom stereocenters. The van der Waals surface area contributed by atoms with Crippen molar-refractivity contribution in [2.24, 2.45) is 0 Å². The SMILES string of the molecule is CC(=O)N1CCCC(O)(CN2CC(N3CCN(c4ccc(F)cc4)CC3)C2)C1. The molecule has 6 nitrogen and oxygen atoms in total. The largest absolute Gasteiger partial charge is 0.387 e. The minimum atomic E-state index is -0.768. The molecule has 3 aliphatic rings. The fourth-order valence-corrected chi connectivity index (χ4v) is 4.83. The number of anilines is 1. The number of piperazine rings is 1. The number of rotatable bonds is 4. The van der Waals surface area contributed by atoms with E-state index in [1.165, 1.54) is 12.1 Å². The molecule has 7 heteroatoms. The van der Waals surface area contributed by atoms with Crippen LogP contribution in [0.3, 0.4) is 0 Å². The number of hydrogen-bond acceptors (Lipinski definition) is 5. The lowest BCUT2D eigenvalue weighted by Crippen LogP contribution is -2.66. The first-order valence-electron chi connectivity index (χ1n) is 10.4. The summed E-state index contributed by atoms with van der Waals surface area (Å²) in [4.78, 5) is 20.6. The van der Waals surface area contributed by atoms with Crippen LogP contribution in [0.25, 0.3) is 0 Å². The highest BCUT2D eigenvalue weighted by Crippen LogP contribution is 2.26. The van der Waals surface area contributed by atoms with Crippen LogP contribution in [0, 0.1) is 5.82 Å². The van der Waals surface area contributed by atoms with E-state index in [9.17, 15) is 14.3 Å². The van der Waals surface area contributed by atoms with Gasteiger partial charge >= 0.3 is 0 Å². The molecular weight excluding hydrogens is 359 g/mol. The van der Waals surface area contributed by atoms with E-state index in [2.05, 4.69) is 14.7 Å². The number of aliphatic hydroxyl groups is 1. The number of amides is 1. The first-order chi connectivity index (χ1) is 13.4. The summed E-state index contributed by atoms with van der Waals surface area (Å²) in [6.45, 7) is 9.37. The summed E-state index contributed by atoms with van der Waals surface area (Å²) >= 11 is 0. The fraction of sp³-hybridized carbons (Fsp3) is 0.667. The third kappa shape index (κ3) is 4.31. The smallest absolute Gasteiger partial charge is 0.219 e. The molecule has 3 heterocycles. The summed E-state index contributed by atoms with van der Waals surface area (Å²) < 4.78 is 13.1. The second-order valence-corrected chi connectivity index (χ2v) is 8.62. The molecule has 3 fully saturated rings. The molecule has 0 spiro atoms. The highest BCUT2D eigenvalue weighted by molar-refractivity contribution is 5.73. The van der Waals surface area contributed by atoms with Gasteiger partial charge in [0.15, 0.2) is 0 Å². The van der Waals surface area contributed by atoms with Gasteiger partial charge in [0.25, 0.3) is 0 Å². The molecule has 3 aliphatic heterocycles. The van der Waals surface area contributed by atoms with Crippen LogP contribution in [-0.4, -0.2) is 96.3 Å². The molecule has 3 saturated heterocycles. The highest BCUT2D eigenvalue weighted by atomic mass is 19.1. The summed E-state index contributed by atoms with van der Waals surface area (Å²) in [6.07, 6.45) is 1.65. The molecular formula is C21H31FN4O2. The lowest BCUT2D eigenvalue weighted by atomic mass is 9.90. The van der Waals surface area contributed by atoms with Crippen molar-refractivity contribution < 1.29 is 14.3 Å². The van der Waals surface area contributed by atoms with Gasteiger partial charge in [0.05, 0.1) is 12.1 Å².